The van der Waals surface area contributed by atoms with Crippen molar-refractivity contribution in [3.05, 3.63) is 102 Å². The first-order valence-corrected chi connectivity index (χ1v) is 9.72. The lowest BCUT2D eigenvalue weighted by molar-refractivity contribution is -0.136. The van der Waals surface area contributed by atoms with Gasteiger partial charge in [-0.2, -0.15) is 0 Å². The summed E-state index contributed by atoms with van der Waals surface area (Å²) in [6, 6.07) is 14.7. The van der Waals surface area contributed by atoms with Gasteiger partial charge in [0.15, 0.2) is 4.80 Å². The molecule has 2 aromatic carbocycles. The van der Waals surface area contributed by atoms with Gasteiger partial charge in [-0.3, -0.25) is 9.36 Å². The molecule has 146 valence electrons. The molecular formula is C22H17FN2O3S. The van der Waals surface area contributed by atoms with Gasteiger partial charge in [0, 0.05) is 0 Å². The van der Waals surface area contributed by atoms with E-state index in [2.05, 4.69) is 4.99 Å². The van der Waals surface area contributed by atoms with Crippen LogP contribution in [-0.4, -0.2) is 17.6 Å². The van der Waals surface area contributed by atoms with Crippen molar-refractivity contribution in [1.82, 2.24) is 4.57 Å². The highest BCUT2D eigenvalue weighted by atomic mass is 32.1. The Hall–Kier alpha value is -3.32. The van der Waals surface area contributed by atoms with Crippen LogP contribution in [0.5, 0.6) is 0 Å². The molecule has 1 aromatic heterocycles. The average molecular weight is 408 g/mol. The van der Waals surface area contributed by atoms with Crippen molar-refractivity contribution in [2.75, 3.05) is 7.11 Å². The number of esters is 1. The Bertz CT molecular complexity index is 1310. The number of hydrogen-bond donors (Lipinski definition) is 0. The number of aromatic nitrogens is 1. The number of carbonyl (C=O) groups is 1. The molecule has 1 aliphatic rings. The number of allylic oxidation sites excluding steroid dienone is 1. The first-order valence-electron chi connectivity index (χ1n) is 8.91. The van der Waals surface area contributed by atoms with Gasteiger partial charge in [0.1, 0.15) is 5.82 Å². The van der Waals surface area contributed by atoms with Crippen molar-refractivity contribution < 1.29 is 13.9 Å². The van der Waals surface area contributed by atoms with Crippen molar-refractivity contribution in [1.29, 1.82) is 0 Å². The van der Waals surface area contributed by atoms with Crippen LogP contribution in [0, 0.1) is 5.82 Å². The van der Waals surface area contributed by atoms with Crippen molar-refractivity contribution >= 4 is 23.4 Å². The number of carbonyl (C=O) groups excluding carboxylic acids is 1. The summed E-state index contributed by atoms with van der Waals surface area (Å²) < 4.78 is 20.4. The smallest absolute Gasteiger partial charge is 0.338 e. The summed E-state index contributed by atoms with van der Waals surface area (Å²) in [5.74, 6) is -0.906. The summed E-state index contributed by atoms with van der Waals surface area (Å²) in [7, 11) is 1.31. The molecule has 0 saturated carbocycles. The highest BCUT2D eigenvalue weighted by Gasteiger charge is 2.32. The normalized spacial score (nSPS) is 16.4. The van der Waals surface area contributed by atoms with Gasteiger partial charge in [0.05, 0.1) is 29.0 Å². The van der Waals surface area contributed by atoms with E-state index in [-0.39, 0.29) is 11.4 Å². The highest BCUT2D eigenvalue weighted by Crippen LogP contribution is 2.30. The Balaban J connectivity index is 1.98. The second-order valence-electron chi connectivity index (χ2n) is 6.54. The Labute approximate surface area is 169 Å². The predicted octanol–water partition coefficient (Wildman–Crippen LogP) is 2.55. The van der Waals surface area contributed by atoms with E-state index in [9.17, 15) is 14.0 Å². The highest BCUT2D eigenvalue weighted by molar-refractivity contribution is 7.07. The molecule has 0 spiro atoms. The quantitative estimate of drug-likeness (QED) is 0.626. The lowest BCUT2D eigenvalue weighted by Crippen LogP contribution is -2.39. The molecule has 0 bridgehead atoms. The zero-order chi connectivity index (χ0) is 20.5. The van der Waals surface area contributed by atoms with Gasteiger partial charge in [-0.15, -0.1) is 0 Å². The monoisotopic (exact) mass is 408 g/mol. The van der Waals surface area contributed by atoms with Gasteiger partial charge >= 0.3 is 5.97 Å². The lowest BCUT2D eigenvalue weighted by Gasteiger charge is -2.24. The second-order valence-corrected chi connectivity index (χ2v) is 7.55. The van der Waals surface area contributed by atoms with Gasteiger partial charge in [-0.25, -0.2) is 14.2 Å². The Morgan fingerprint density at radius 2 is 1.97 bits per heavy atom. The third-order valence-electron chi connectivity index (χ3n) is 4.69. The molecule has 1 aliphatic heterocycles. The van der Waals surface area contributed by atoms with E-state index in [0.717, 1.165) is 5.56 Å². The maximum Gasteiger partial charge on any atom is 0.338 e. The first-order chi connectivity index (χ1) is 14.0. The number of methoxy groups -OCH3 is 1. The van der Waals surface area contributed by atoms with Gasteiger partial charge in [0.25, 0.3) is 5.56 Å². The number of fused-ring (bicyclic) bond motifs is 1. The molecule has 0 N–H and O–H groups in total. The standard InChI is InChI=1S/C22H17FN2O3S/c1-13-18(21(27)28-2)19(15-8-4-3-5-9-15)25-20(26)17(29-22(25)24-13)12-14-7-6-10-16(23)11-14/h3-12,19H,1-2H3/b17-12+. The van der Waals surface area contributed by atoms with Crippen LogP contribution in [0.1, 0.15) is 24.1 Å². The molecule has 7 heteroatoms. The third-order valence-corrected chi connectivity index (χ3v) is 5.67. The van der Waals surface area contributed by atoms with Crippen LogP contribution in [0.4, 0.5) is 4.39 Å². The Morgan fingerprint density at radius 1 is 1.21 bits per heavy atom. The molecule has 0 saturated heterocycles. The summed E-state index contributed by atoms with van der Waals surface area (Å²) in [6.45, 7) is 1.73. The summed E-state index contributed by atoms with van der Waals surface area (Å²) in [4.78, 5) is 30.7. The summed E-state index contributed by atoms with van der Waals surface area (Å²) in [5, 5.41) is 0. The molecule has 5 nitrogen and oxygen atoms in total. The van der Waals surface area contributed by atoms with Gasteiger partial charge < -0.3 is 4.74 Å². The fraction of sp³-hybridized carbons (Fsp3) is 0.136. The van der Waals surface area contributed by atoms with Crippen LogP contribution in [0.2, 0.25) is 0 Å². The van der Waals surface area contributed by atoms with Gasteiger partial charge in [-0.1, -0.05) is 53.8 Å². The first kappa shape index (κ1) is 19.0. The molecule has 0 amide bonds. The van der Waals surface area contributed by atoms with E-state index in [1.165, 1.54) is 35.1 Å². The van der Waals surface area contributed by atoms with Crippen LogP contribution in [0.25, 0.3) is 6.08 Å². The fourth-order valence-electron chi connectivity index (χ4n) is 3.39. The maximum absolute atomic E-state index is 13.5. The molecule has 1 atom stereocenters. The van der Waals surface area contributed by atoms with Gasteiger partial charge in [-0.05, 0) is 36.3 Å². The summed E-state index contributed by atoms with van der Waals surface area (Å²) in [5.41, 5.74) is 1.89. The van der Waals surface area contributed by atoms with Crippen molar-refractivity contribution in [3.63, 3.8) is 0 Å². The molecule has 29 heavy (non-hydrogen) atoms. The van der Waals surface area contributed by atoms with E-state index < -0.39 is 12.0 Å². The zero-order valence-electron chi connectivity index (χ0n) is 15.8. The second kappa shape index (κ2) is 7.60. The number of benzene rings is 2. The van der Waals surface area contributed by atoms with E-state index >= 15 is 0 Å². The Morgan fingerprint density at radius 3 is 2.66 bits per heavy atom. The number of nitrogens with zero attached hydrogens (tertiary/aromatic N) is 2. The third kappa shape index (κ3) is 3.45. The topological polar surface area (TPSA) is 60.7 Å². The molecule has 2 heterocycles. The molecule has 0 fully saturated rings. The number of halogens is 1. The number of rotatable bonds is 3. The number of ether oxygens (including phenoxy) is 1. The maximum atomic E-state index is 13.5. The number of hydrogen-bond acceptors (Lipinski definition) is 5. The SMILES string of the molecule is COC(=O)C1=C(C)N=c2s/c(=C/c3cccc(F)c3)c(=O)n2C1c1ccccc1. The minimum absolute atomic E-state index is 0.291. The molecule has 4 rings (SSSR count). The minimum Gasteiger partial charge on any atom is -0.466 e. The summed E-state index contributed by atoms with van der Waals surface area (Å²) in [6.07, 6.45) is 1.63. The van der Waals surface area contributed by atoms with E-state index in [1.54, 1.807) is 25.1 Å². The minimum atomic E-state index is -0.644. The molecule has 1 unspecified atom stereocenters. The molecule has 3 aromatic rings. The van der Waals surface area contributed by atoms with E-state index in [4.69, 9.17) is 4.74 Å². The van der Waals surface area contributed by atoms with Crippen molar-refractivity contribution in [3.8, 4) is 0 Å². The molecular weight excluding hydrogens is 391 g/mol. The predicted molar refractivity (Wildman–Crippen MR) is 109 cm³/mol. The van der Waals surface area contributed by atoms with Crippen LogP contribution in [-0.2, 0) is 9.53 Å². The average Bonchev–Trinajstić information content (AvgIpc) is 3.02. The van der Waals surface area contributed by atoms with Crippen molar-refractivity contribution in [2.24, 2.45) is 4.99 Å². The summed E-state index contributed by atoms with van der Waals surface area (Å²) >= 11 is 1.21. The van der Waals surface area contributed by atoms with E-state index in [0.29, 0.717) is 26.2 Å². The van der Waals surface area contributed by atoms with Crippen LogP contribution in [0.3, 0.4) is 0 Å². The van der Waals surface area contributed by atoms with E-state index in [1.807, 2.05) is 30.3 Å². The lowest BCUT2D eigenvalue weighted by atomic mass is 9.96. The number of thiazole rings is 1. The Kier molecular flexibility index (Phi) is 4.98. The van der Waals surface area contributed by atoms with Crippen LogP contribution < -0.4 is 14.9 Å². The molecule has 0 aliphatic carbocycles. The zero-order valence-corrected chi connectivity index (χ0v) is 16.6. The largest absolute Gasteiger partial charge is 0.466 e. The van der Waals surface area contributed by atoms with Crippen LogP contribution in [0.15, 0.2) is 75.7 Å². The fourth-order valence-corrected chi connectivity index (χ4v) is 4.44. The van der Waals surface area contributed by atoms with Crippen molar-refractivity contribution in [2.45, 2.75) is 13.0 Å². The van der Waals surface area contributed by atoms with Crippen LogP contribution >= 0.6 is 11.3 Å². The van der Waals surface area contributed by atoms with Gasteiger partial charge in [0.2, 0.25) is 0 Å². The molecule has 0 radical (unpaired) electrons.